The van der Waals surface area contributed by atoms with Crippen LogP contribution in [-0.2, 0) is 23.9 Å². The molecule has 0 spiro atoms. The molecule has 0 fully saturated rings. The quantitative estimate of drug-likeness (QED) is 0.563. The highest BCUT2D eigenvalue weighted by Gasteiger charge is 2.25. The topological polar surface area (TPSA) is 122 Å². The summed E-state index contributed by atoms with van der Waals surface area (Å²) in [5.74, 6) is -3.75. The Bertz CT molecular complexity index is 362. The van der Waals surface area contributed by atoms with Gasteiger partial charge in [0.2, 0.25) is 5.76 Å². The lowest BCUT2D eigenvalue weighted by Crippen LogP contribution is -2.43. The molecule has 1 heterocycles. The van der Waals surface area contributed by atoms with E-state index in [0.717, 1.165) is 6.26 Å². The van der Waals surface area contributed by atoms with Crippen LogP contribution in [0.1, 0.15) is 6.42 Å². The predicted molar refractivity (Wildman–Crippen MR) is 51.8 cm³/mol. The third kappa shape index (κ3) is 4.01. The fraction of sp³-hybridized carbons (Fsp3) is 0.444. The summed E-state index contributed by atoms with van der Waals surface area (Å²) in [6.07, 6.45) is 0.341. The van der Waals surface area contributed by atoms with Crippen LogP contribution < -0.4 is 5.32 Å². The molecule has 0 aliphatic carbocycles. The van der Waals surface area contributed by atoms with E-state index in [-0.39, 0.29) is 12.4 Å². The molecule has 8 nitrogen and oxygen atoms in total. The maximum atomic E-state index is 11.5. The standard InChI is InChI=1S/C9H11NO7/c11-7(12)3-5(9(14)15)10-8(13)6-4-16-1-2-17-6/h4-5H,1-3H2,(H,10,13)(H,11,12)(H,14,15)/t5-/m0/s1. The van der Waals surface area contributed by atoms with E-state index in [2.05, 4.69) is 0 Å². The van der Waals surface area contributed by atoms with Crippen molar-refractivity contribution in [3.8, 4) is 0 Å². The largest absolute Gasteiger partial charge is 0.494 e. The van der Waals surface area contributed by atoms with Crippen molar-refractivity contribution in [2.45, 2.75) is 12.5 Å². The van der Waals surface area contributed by atoms with Gasteiger partial charge in [0.25, 0.3) is 5.91 Å². The van der Waals surface area contributed by atoms with E-state index >= 15 is 0 Å². The molecule has 0 aromatic carbocycles. The molecule has 8 heteroatoms. The number of aliphatic carboxylic acids is 2. The number of carbonyl (C=O) groups excluding carboxylic acids is 1. The van der Waals surface area contributed by atoms with Crippen LogP contribution in [0.4, 0.5) is 0 Å². The third-order valence-electron chi connectivity index (χ3n) is 1.86. The first-order valence-corrected chi connectivity index (χ1v) is 4.70. The lowest BCUT2D eigenvalue weighted by atomic mass is 10.2. The van der Waals surface area contributed by atoms with Crippen molar-refractivity contribution in [1.29, 1.82) is 0 Å². The van der Waals surface area contributed by atoms with Gasteiger partial charge in [-0.2, -0.15) is 0 Å². The van der Waals surface area contributed by atoms with Crippen LogP contribution in [-0.4, -0.2) is 47.3 Å². The number of hydrogen-bond donors (Lipinski definition) is 3. The van der Waals surface area contributed by atoms with Crippen LogP contribution in [0, 0.1) is 0 Å². The normalized spacial score (nSPS) is 15.9. The first-order chi connectivity index (χ1) is 8.00. The van der Waals surface area contributed by atoms with E-state index in [0.29, 0.717) is 6.61 Å². The van der Waals surface area contributed by atoms with Gasteiger partial charge in [-0.05, 0) is 0 Å². The summed E-state index contributed by atoms with van der Waals surface area (Å²) in [4.78, 5) is 32.5. The summed E-state index contributed by atoms with van der Waals surface area (Å²) in [7, 11) is 0. The van der Waals surface area contributed by atoms with Gasteiger partial charge in [-0.1, -0.05) is 0 Å². The van der Waals surface area contributed by atoms with E-state index in [1.165, 1.54) is 0 Å². The molecule has 0 saturated carbocycles. The van der Waals surface area contributed by atoms with Gasteiger partial charge in [-0.15, -0.1) is 0 Å². The van der Waals surface area contributed by atoms with Gasteiger partial charge in [0, 0.05) is 0 Å². The summed E-state index contributed by atoms with van der Waals surface area (Å²) in [6, 6.07) is -1.51. The Morgan fingerprint density at radius 3 is 2.53 bits per heavy atom. The van der Waals surface area contributed by atoms with Crippen LogP contribution in [0.5, 0.6) is 0 Å². The van der Waals surface area contributed by atoms with E-state index in [1.54, 1.807) is 0 Å². The Kier molecular flexibility index (Phi) is 4.32. The van der Waals surface area contributed by atoms with E-state index in [1.807, 2.05) is 5.32 Å². The minimum atomic E-state index is -1.51. The molecule has 0 bridgehead atoms. The average molecular weight is 245 g/mol. The molecule has 0 aromatic heterocycles. The summed E-state index contributed by atoms with van der Waals surface area (Å²) in [6.45, 7) is 0.476. The zero-order chi connectivity index (χ0) is 12.8. The van der Waals surface area contributed by atoms with Gasteiger partial charge in [0.1, 0.15) is 25.5 Å². The summed E-state index contributed by atoms with van der Waals surface area (Å²) >= 11 is 0. The lowest BCUT2D eigenvalue weighted by Gasteiger charge is -2.17. The Balaban J connectivity index is 2.60. The van der Waals surface area contributed by atoms with Crippen molar-refractivity contribution in [2.24, 2.45) is 0 Å². The first-order valence-electron chi connectivity index (χ1n) is 4.70. The van der Waals surface area contributed by atoms with E-state index < -0.39 is 30.3 Å². The second kappa shape index (κ2) is 5.73. The molecule has 1 rings (SSSR count). The van der Waals surface area contributed by atoms with Crippen LogP contribution >= 0.6 is 0 Å². The molecule has 17 heavy (non-hydrogen) atoms. The van der Waals surface area contributed by atoms with E-state index in [9.17, 15) is 14.4 Å². The van der Waals surface area contributed by atoms with E-state index in [4.69, 9.17) is 19.7 Å². The van der Waals surface area contributed by atoms with Crippen molar-refractivity contribution in [2.75, 3.05) is 13.2 Å². The Morgan fingerprint density at radius 1 is 1.35 bits per heavy atom. The van der Waals surface area contributed by atoms with Gasteiger partial charge >= 0.3 is 11.9 Å². The highest BCUT2D eigenvalue weighted by Crippen LogP contribution is 2.05. The second-order valence-electron chi connectivity index (χ2n) is 3.16. The number of carboxylic acid groups (broad SMARTS) is 2. The fourth-order valence-corrected chi connectivity index (χ4v) is 1.09. The Labute approximate surface area is 95.8 Å². The van der Waals surface area contributed by atoms with Crippen molar-refractivity contribution in [1.82, 2.24) is 5.32 Å². The number of ether oxygens (including phenoxy) is 2. The summed E-state index contributed by atoms with van der Waals surface area (Å²) in [5.41, 5.74) is 0. The second-order valence-corrected chi connectivity index (χ2v) is 3.16. The average Bonchev–Trinajstić information content (AvgIpc) is 2.28. The van der Waals surface area contributed by atoms with Gasteiger partial charge in [0.05, 0.1) is 6.42 Å². The number of hydrogen-bond acceptors (Lipinski definition) is 5. The number of rotatable bonds is 5. The van der Waals surface area contributed by atoms with Crippen LogP contribution in [0.2, 0.25) is 0 Å². The summed E-state index contributed by atoms with van der Waals surface area (Å²) < 4.78 is 9.72. The van der Waals surface area contributed by atoms with Crippen molar-refractivity contribution >= 4 is 17.8 Å². The SMILES string of the molecule is O=C(O)C[C@H](NC(=O)C1=COCCO1)C(=O)O. The zero-order valence-corrected chi connectivity index (χ0v) is 8.71. The molecule has 0 aromatic rings. The van der Waals surface area contributed by atoms with Gasteiger partial charge in [0.15, 0.2) is 0 Å². The molecule has 1 aliphatic rings. The lowest BCUT2D eigenvalue weighted by molar-refractivity contribution is -0.147. The van der Waals surface area contributed by atoms with Crippen LogP contribution in [0.15, 0.2) is 12.0 Å². The monoisotopic (exact) mass is 245 g/mol. The molecular weight excluding hydrogens is 234 g/mol. The molecular formula is C9H11NO7. The molecule has 1 aliphatic heterocycles. The molecule has 3 N–H and O–H groups in total. The van der Waals surface area contributed by atoms with Crippen molar-refractivity contribution in [3.05, 3.63) is 12.0 Å². The molecule has 1 atom stereocenters. The number of carbonyl (C=O) groups is 3. The minimum absolute atomic E-state index is 0.173. The molecule has 0 unspecified atom stereocenters. The highest BCUT2D eigenvalue weighted by atomic mass is 16.6. The smallest absolute Gasteiger partial charge is 0.326 e. The number of carboxylic acids is 2. The van der Waals surface area contributed by atoms with Crippen LogP contribution in [0.3, 0.4) is 0 Å². The molecule has 94 valence electrons. The number of nitrogens with one attached hydrogen (secondary N) is 1. The highest BCUT2D eigenvalue weighted by molar-refractivity contribution is 5.95. The van der Waals surface area contributed by atoms with Gasteiger partial charge < -0.3 is 25.0 Å². The number of amides is 1. The fourth-order valence-electron chi connectivity index (χ4n) is 1.09. The van der Waals surface area contributed by atoms with Gasteiger partial charge in [-0.3, -0.25) is 9.59 Å². The third-order valence-corrected chi connectivity index (χ3v) is 1.86. The van der Waals surface area contributed by atoms with Crippen LogP contribution in [0.25, 0.3) is 0 Å². The molecule has 0 radical (unpaired) electrons. The molecule has 0 saturated heterocycles. The van der Waals surface area contributed by atoms with Crippen molar-refractivity contribution < 1.29 is 34.1 Å². The first kappa shape index (κ1) is 12.8. The maximum absolute atomic E-state index is 11.5. The molecule has 1 amide bonds. The Morgan fingerprint density at radius 2 is 2.06 bits per heavy atom. The minimum Gasteiger partial charge on any atom is -0.494 e. The zero-order valence-electron chi connectivity index (χ0n) is 8.71. The maximum Gasteiger partial charge on any atom is 0.326 e. The Hall–Kier alpha value is -2.25. The van der Waals surface area contributed by atoms with Crippen molar-refractivity contribution in [3.63, 3.8) is 0 Å². The van der Waals surface area contributed by atoms with Gasteiger partial charge in [-0.25, -0.2) is 4.79 Å². The predicted octanol–water partition coefficient (Wildman–Crippen LogP) is -1.08. The summed E-state index contributed by atoms with van der Waals surface area (Å²) in [5, 5.41) is 19.2.